The second-order valence-electron chi connectivity index (χ2n) is 7.67. The summed E-state index contributed by atoms with van der Waals surface area (Å²) in [5.74, 6) is 0.529. The monoisotopic (exact) mass is 407 g/mol. The SMILES string of the molecule is CC.CCCCCC.C[C@@H]1Cc2cc(-c3cnn(C)c3)c(C(F)F)cc2N(C)C1. The van der Waals surface area contributed by atoms with Crippen LogP contribution in [0.2, 0.25) is 0 Å². The third-order valence-corrected chi connectivity index (χ3v) is 5.02. The quantitative estimate of drug-likeness (QED) is 0.486. The third kappa shape index (κ3) is 7.13. The van der Waals surface area contributed by atoms with Crippen molar-refractivity contribution >= 4 is 5.69 Å². The maximum atomic E-state index is 13.4. The summed E-state index contributed by atoms with van der Waals surface area (Å²) in [7, 11) is 3.76. The number of benzene rings is 1. The van der Waals surface area contributed by atoms with Crippen LogP contribution in [0.5, 0.6) is 0 Å². The van der Waals surface area contributed by atoms with Crippen molar-refractivity contribution in [1.82, 2.24) is 9.78 Å². The summed E-state index contributed by atoms with van der Waals surface area (Å²) in [6, 6.07) is 3.56. The Balaban J connectivity index is 0.000000454. The number of halogens is 2. The van der Waals surface area contributed by atoms with Gasteiger partial charge < -0.3 is 4.90 Å². The Hall–Kier alpha value is -1.91. The lowest BCUT2D eigenvalue weighted by Crippen LogP contribution is -2.30. The van der Waals surface area contributed by atoms with Gasteiger partial charge in [0.1, 0.15) is 0 Å². The number of unbranched alkanes of at least 4 members (excludes halogenated alkanes) is 3. The molecule has 0 saturated carbocycles. The number of alkyl halides is 2. The summed E-state index contributed by atoms with van der Waals surface area (Å²) in [6.07, 6.45) is 7.40. The van der Waals surface area contributed by atoms with Gasteiger partial charge in [0, 0.05) is 43.7 Å². The van der Waals surface area contributed by atoms with E-state index in [1.165, 1.54) is 25.7 Å². The summed E-state index contributed by atoms with van der Waals surface area (Å²) in [5.41, 5.74) is 3.49. The number of rotatable bonds is 5. The molecule has 0 radical (unpaired) electrons. The Kier molecular flexibility index (Phi) is 10.9. The van der Waals surface area contributed by atoms with Gasteiger partial charge in [-0.3, -0.25) is 4.68 Å². The molecule has 0 unspecified atom stereocenters. The molecule has 0 saturated heterocycles. The molecule has 0 amide bonds. The molecule has 1 aliphatic heterocycles. The first-order valence-corrected chi connectivity index (χ1v) is 11.0. The largest absolute Gasteiger partial charge is 0.374 e. The van der Waals surface area contributed by atoms with Crippen molar-refractivity contribution in [3.63, 3.8) is 0 Å². The first-order chi connectivity index (χ1) is 13.9. The molecule has 3 rings (SSSR count). The zero-order chi connectivity index (χ0) is 22.0. The van der Waals surface area contributed by atoms with E-state index in [1.54, 1.807) is 30.2 Å². The van der Waals surface area contributed by atoms with Gasteiger partial charge in [-0.2, -0.15) is 5.10 Å². The Morgan fingerprint density at radius 2 is 1.72 bits per heavy atom. The highest BCUT2D eigenvalue weighted by atomic mass is 19.3. The number of hydrogen-bond donors (Lipinski definition) is 0. The zero-order valence-corrected chi connectivity index (χ0v) is 19.3. The summed E-state index contributed by atoms with van der Waals surface area (Å²) in [6.45, 7) is 11.6. The van der Waals surface area contributed by atoms with Crippen LogP contribution in [0, 0.1) is 5.92 Å². The zero-order valence-electron chi connectivity index (χ0n) is 19.3. The lowest BCUT2D eigenvalue weighted by atomic mass is 9.89. The molecule has 0 bridgehead atoms. The van der Waals surface area contributed by atoms with Gasteiger partial charge in [-0.15, -0.1) is 0 Å². The molecule has 2 heterocycles. The predicted molar refractivity (Wildman–Crippen MR) is 121 cm³/mol. The number of aromatic nitrogens is 2. The summed E-state index contributed by atoms with van der Waals surface area (Å²) >= 11 is 0. The Bertz CT molecular complexity index is 721. The van der Waals surface area contributed by atoms with Gasteiger partial charge in [0.15, 0.2) is 0 Å². The highest BCUT2D eigenvalue weighted by molar-refractivity contribution is 5.73. The van der Waals surface area contributed by atoms with Crippen molar-refractivity contribution in [1.29, 1.82) is 0 Å². The first-order valence-electron chi connectivity index (χ1n) is 11.0. The number of fused-ring (bicyclic) bond motifs is 1. The van der Waals surface area contributed by atoms with Crippen LogP contribution in [0.15, 0.2) is 24.5 Å². The van der Waals surface area contributed by atoms with Crippen molar-refractivity contribution in [3.05, 3.63) is 35.7 Å². The molecule has 2 aromatic rings. The fourth-order valence-corrected chi connectivity index (χ4v) is 3.66. The Labute approximate surface area is 176 Å². The van der Waals surface area contributed by atoms with Crippen LogP contribution in [-0.4, -0.2) is 23.4 Å². The molecule has 29 heavy (non-hydrogen) atoms. The second kappa shape index (κ2) is 12.6. The molecule has 5 heteroatoms. The van der Waals surface area contributed by atoms with Gasteiger partial charge >= 0.3 is 0 Å². The average molecular weight is 408 g/mol. The molecule has 1 atom stereocenters. The van der Waals surface area contributed by atoms with Crippen molar-refractivity contribution in [2.75, 3.05) is 18.5 Å². The summed E-state index contributed by atoms with van der Waals surface area (Å²) in [5, 5.41) is 4.10. The van der Waals surface area contributed by atoms with E-state index < -0.39 is 6.43 Å². The number of aryl methyl sites for hydroxylation is 1. The molecule has 1 aromatic heterocycles. The second-order valence-corrected chi connectivity index (χ2v) is 7.67. The summed E-state index contributed by atoms with van der Waals surface area (Å²) in [4.78, 5) is 2.07. The van der Waals surface area contributed by atoms with E-state index in [4.69, 9.17) is 0 Å². The molecular formula is C24H39F2N3. The van der Waals surface area contributed by atoms with E-state index >= 15 is 0 Å². The normalized spacial score (nSPS) is 15.2. The van der Waals surface area contributed by atoms with E-state index in [-0.39, 0.29) is 5.56 Å². The van der Waals surface area contributed by atoms with Crippen LogP contribution in [0.4, 0.5) is 14.5 Å². The van der Waals surface area contributed by atoms with E-state index in [0.717, 1.165) is 29.8 Å². The van der Waals surface area contributed by atoms with Gasteiger partial charge in [0.2, 0.25) is 0 Å². The van der Waals surface area contributed by atoms with Crippen LogP contribution < -0.4 is 4.90 Å². The van der Waals surface area contributed by atoms with Crippen LogP contribution in [-0.2, 0) is 13.5 Å². The predicted octanol–water partition coefficient (Wildman–Crippen LogP) is 7.27. The lowest BCUT2D eigenvalue weighted by molar-refractivity contribution is 0.152. The van der Waals surface area contributed by atoms with Gasteiger partial charge in [-0.25, -0.2) is 8.78 Å². The first kappa shape index (κ1) is 25.1. The minimum atomic E-state index is -2.49. The van der Waals surface area contributed by atoms with Crippen molar-refractivity contribution in [3.8, 4) is 11.1 Å². The highest BCUT2D eigenvalue weighted by Gasteiger charge is 2.24. The van der Waals surface area contributed by atoms with Crippen molar-refractivity contribution in [2.45, 2.75) is 73.1 Å². The number of hydrogen-bond acceptors (Lipinski definition) is 2. The van der Waals surface area contributed by atoms with Crippen LogP contribution >= 0.6 is 0 Å². The Morgan fingerprint density at radius 3 is 2.21 bits per heavy atom. The van der Waals surface area contributed by atoms with Crippen molar-refractivity contribution < 1.29 is 8.78 Å². The van der Waals surface area contributed by atoms with Crippen LogP contribution in [0.25, 0.3) is 11.1 Å². The van der Waals surface area contributed by atoms with Crippen LogP contribution in [0.1, 0.15) is 77.9 Å². The smallest absolute Gasteiger partial charge is 0.264 e. The minimum Gasteiger partial charge on any atom is -0.374 e. The summed E-state index contributed by atoms with van der Waals surface area (Å²) < 4.78 is 28.5. The van der Waals surface area contributed by atoms with E-state index in [2.05, 4.69) is 30.8 Å². The molecule has 1 aliphatic rings. The molecule has 0 spiro atoms. The fraction of sp³-hybridized carbons (Fsp3) is 0.625. The third-order valence-electron chi connectivity index (χ3n) is 5.02. The van der Waals surface area contributed by atoms with Gasteiger partial charge in [-0.05, 0) is 35.6 Å². The Morgan fingerprint density at radius 1 is 1.10 bits per heavy atom. The molecule has 164 valence electrons. The molecule has 0 aliphatic carbocycles. The standard InChI is InChI=1S/C16H19F2N3.C6H14.C2H6/c1-10-4-11-5-13(12-7-19-21(3)9-12)14(16(17)18)6-15(11)20(2)8-10;1-3-5-6-4-2;1-2/h5-7,9-10,16H,4,8H2,1-3H3;3-6H2,1-2H3;1-2H3/t10-;;/m1../s1. The molecule has 0 fully saturated rings. The average Bonchev–Trinajstić information content (AvgIpc) is 3.13. The number of anilines is 1. The molecule has 1 aromatic carbocycles. The van der Waals surface area contributed by atoms with E-state index in [1.807, 2.05) is 27.0 Å². The highest BCUT2D eigenvalue weighted by Crippen LogP contribution is 2.39. The number of nitrogens with zero attached hydrogens (tertiary/aromatic N) is 3. The lowest BCUT2D eigenvalue weighted by Gasteiger charge is -2.32. The molecule has 3 nitrogen and oxygen atoms in total. The fourth-order valence-electron chi connectivity index (χ4n) is 3.66. The van der Waals surface area contributed by atoms with Gasteiger partial charge in [0.05, 0.1) is 6.20 Å². The maximum absolute atomic E-state index is 13.4. The molecule has 0 N–H and O–H groups in total. The minimum absolute atomic E-state index is 0.0863. The van der Waals surface area contributed by atoms with Gasteiger partial charge in [-0.1, -0.05) is 60.3 Å². The van der Waals surface area contributed by atoms with Crippen molar-refractivity contribution in [2.24, 2.45) is 13.0 Å². The topological polar surface area (TPSA) is 21.1 Å². The molecular weight excluding hydrogens is 368 g/mol. The van der Waals surface area contributed by atoms with E-state index in [0.29, 0.717) is 11.5 Å². The van der Waals surface area contributed by atoms with Crippen LogP contribution in [0.3, 0.4) is 0 Å². The maximum Gasteiger partial charge on any atom is 0.264 e. The van der Waals surface area contributed by atoms with E-state index in [9.17, 15) is 8.78 Å². The van der Waals surface area contributed by atoms with Gasteiger partial charge in [0.25, 0.3) is 6.43 Å².